The van der Waals surface area contributed by atoms with Crippen molar-refractivity contribution in [3.63, 3.8) is 0 Å². The highest BCUT2D eigenvalue weighted by molar-refractivity contribution is 6.68. The fraction of sp³-hybridized carbons (Fsp3) is 0.353. The first-order valence-corrected chi connectivity index (χ1v) is 8.03. The molecule has 112 valence electrons. The van der Waals surface area contributed by atoms with Crippen LogP contribution in [-0.2, 0) is 6.42 Å². The minimum Gasteiger partial charge on any atom is -0.446 e. The summed E-state index contributed by atoms with van der Waals surface area (Å²) < 4.78 is 0. The molecular weight excluding hydrogens is 273 g/mol. The number of hydrogen-bond donors (Lipinski definition) is 1. The van der Waals surface area contributed by atoms with E-state index in [2.05, 4.69) is 39.0 Å². The molecule has 0 atom stereocenters. The average Bonchev–Trinajstić information content (AvgIpc) is 2.96. The molecule has 1 saturated heterocycles. The number of rotatable bonds is 2. The van der Waals surface area contributed by atoms with Crippen LogP contribution in [0.1, 0.15) is 5.56 Å². The molecule has 0 amide bonds. The van der Waals surface area contributed by atoms with E-state index in [9.17, 15) is 5.02 Å². The lowest BCUT2D eigenvalue weighted by Crippen LogP contribution is -2.47. The van der Waals surface area contributed by atoms with Crippen LogP contribution in [0.4, 0.5) is 11.5 Å². The Morgan fingerprint density at radius 3 is 2.59 bits per heavy atom. The summed E-state index contributed by atoms with van der Waals surface area (Å²) in [6, 6.07) is 12.6. The van der Waals surface area contributed by atoms with Crippen molar-refractivity contribution in [1.29, 1.82) is 0 Å². The van der Waals surface area contributed by atoms with Gasteiger partial charge in [-0.05, 0) is 42.5 Å². The molecular formula is C17H20BN3O. The molecule has 0 aliphatic carbocycles. The number of hydrogen-bond acceptors (Lipinski definition) is 4. The summed E-state index contributed by atoms with van der Waals surface area (Å²) in [7, 11) is 0. The second kappa shape index (κ2) is 5.65. The number of fused-ring (bicyclic) bond motifs is 1. The third-order valence-electron chi connectivity index (χ3n) is 4.79. The molecule has 0 saturated carbocycles. The Morgan fingerprint density at radius 1 is 1.00 bits per heavy atom. The first-order valence-electron chi connectivity index (χ1n) is 8.03. The Bertz CT molecular complexity index is 656. The van der Waals surface area contributed by atoms with E-state index in [0.29, 0.717) is 0 Å². The van der Waals surface area contributed by atoms with Crippen molar-refractivity contribution in [1.82, 2.24) is 4.98 Å². The highest BCUT2D eigenvalue weighted by Crippen LogP contribution is 2.22. The lowest BCUT2D eigenvalue weighted by molar-refractivity contribution is 0.587. The van der Waals surface area contributed by atoms with Crippen molar-refractivity contribution in [2.24, 2.45) is 0 Å². The van der Waals surface area contributed by atoms with Crippen LogP contribution >= 0.6 is 0 Å². The minimum atomic E-state index is -0.273. The first-order chi connectivity index (χ1) is 10.8. The highest BCUT2D eigenvalue weighted by Gasteiger charge is 2.26. The zero-order valence-corrected chi connectivity index (χ0v) is 12.7. The first kappa shape index (κ1) is 13.6. The molecule has 1 fully saturated rings. The largest absolute Gasteiger partial charge is 0.446 e. The third kappa shape index (κ3) is 2.46. The van der Waals surface area contributed by atoms with Gasteiger partial charge in [-0.15, -0.1) is 0 Å². The molecule has 1 aromatic carbocycles. The molecule has 0 spiro atoms. The maximum atomic E-state index is 10.1. The number of benzene rings is 1. The summed E-state index contributed by atoms with van der Waals surface area (Å²) in [6.07, 6.45) is 3.72. The molecule has 2 aromatic rings. The summed E-state index contributed by atoms with van der Waals surface area (Å²) in [5.41, 5.74) is 3.67. The van der Waals surface area contributed by atoms with Gasteiger partial charge in [-0.1, -0.05) is 17.7 Å². The summed E-state index contributed by atoms with van der Waals surface area (Å²) in [5.74, 6) is 1.06. The summed E-state index contributed by atoms with van der Waals surface area (Å²) in [5, 5.41) is 10.1. The number of piperazine rings is 1. The molecule has 0 bridgehead atoms. The third-order valence-corrected chi connectivity index (χ3v) is 4.79. The van der Waals surface area contributed by atoms with Crippen LogP contribution in [0.3, 0.4) is 0 Å². The maximum absolute atomic E-state index is 10.1. The highest BCUT2D eigenvalue weighted by atomic mass is 16.2. The monoisotopic (exact) mass is 293 g/mol. The van der Waals surface area contributed by atoms with Gasteiger partial charge in [0.05, 0.1) is 0 Å². The van der Waals surface area contributed by atoms with E-state index < -0.39 is 0 Å². The number of aryl methyl sites for hydroxylation is 1. The van der Waals surface area contributed by atoms with E-state index in [-0.39, 0.29) is 6.92 Å². The Labute approximate surface area is 131 Å². The van der Waals surface area contributed by atoms with Crippen molar-refractivity contribution in [3.05, 3.63) is 48.2 Å². The van der Waals surface area contributed by atoms with E-state index in [1.807, 2.05) is 18.3 Å². The predicted octanol–water partition coefficient (Wildman–Crippen LogP) is 1.16. The van der Waals surface area contributed by atoms with Crippen LogP contribution in [-0.4, -0.2) is 43.1 Å². The Morgan fingerprint density at radius 2 is 1.82 bits per heavy atom. The van der Waals surface area contributed by atoms with E-state index in [0.717, 1.165) is 50.2 Å². The van der Waals surface area contributed by atoms with Crippen molar-refractivity contribution >= 4 is 23.9 Å². The molecule has 0 unspecified atom stereocenters. The van der Waals surface area contributed by atoms with Gasteiger partial charge >= 0.3 is 6.92 Å². The maximum Gasteiger partial charge on any atom is 0.324 e. The molecule has 5 heteroatoms. The van der Waals surface area contributed by atoms with Crippen LogP contribution in [0.5, 0.6) is 0 Å². The van der Waals surface area contributed by atoms with Gasteiger partial charge in [0, 0.05) is 38.1 Å². The molecule has 4 rings (SSSR count). The van der Waals surface area contributed by atoms with E-state index in [4.69, 9.17) is 0 Å². The Kier molecular flexibility index (Phi) is 3.50. The lowest BCUT2D eigenvalue weighted by Gasteiger charge is -2.37. The van der Waals surface area contributed by atoms with E-state index in [1.165, 1.54) is 11.3 Å². The molecule has 1 aromatic heterocycles. The van der Waals surface area contributed by atoms with Gasteiger partial charge in [0.15, 0.2) is 0 Å². The molecule has 3 heterocycles. The number of anilines is 2. The van der Waals surface area contributed by atoms with Crippen molar-refractivity contribution in [2.75, 3.05) is 36.0 Å². The summed E-state index contributed by atoms with van der Waals surface area (Å²) in [4.78, 5) is 9.17. The summed E-state index contributed by atoms with van der Waals surface area (Å²) >= 11 is 0. The Hall–Kier alpha value is -2.01. The number of nitrogens with zero attached hydrogens (tertiary/aromatic N) is 3. The number of pyridine rings is 1. The van der Waals surface area contributed by atoms with Gasteiger partial charge in [-0.25, -0.2) is 4.98 Å². The van der Waals surface area contributed by atoms with E-state index in [1.54, 1.807) is 0 Å². The van der Waals surface area contributed by atoms with Crippen molar-refractivity contribution in [3.8, 4) is 0 Å². The topological polar surface area (TPSA) is 39.6 Å². The van der Waals surface area contributed by atoms with Gasteiger partial charge in [-0.2, -0.15) is 0 Å². The number of aromatic nitrogens is 1. The van der Waals surface area contributed by atoms with Crippen molar-refractivity contribution < 1.29 is 5.02 Å². The van der Waals surface area contributed by atoms with Crippen LogP contribution in [0, 0.1) is 0 Å². The average molecular weight is 293 g/mol. The molecule has 2 aliphatic rings. The van der Waals surface area contributed by atoms with Crippen LogP contribution in [0.2, 0.25) is 6.32 Å². The van der Waals surface area contributed by atoms with Crippen LogP contribution in [0.25, 0.3) is 0 Å². The van der Waals surface area contributed by atoms with E-state index >= 15 is 0 Å². The molecule has 2 aliphatic heterocycles. The van der Waals surface area contributed by atoms with Gasteiger partial charge in [0.2, 0.25) is 0 Å². The fourth-order valence-electron chi connectivity index (χ4n) is 3.50. The second-order valence-electron chi connectivity index (χ2n) is 6.10. The van der Waals surface area contributed by atoms with Gasteiger partial charge in [0.1, 0.15) is 5.82 Å². The SMILES string of the molecule is OB1CCc2ccc(N3CCN(c4ccccn4)CC3)cc21. The molecule has 22 heavy (non-hydrogen) atoms. The molecule has 0 radical (unpaired) electrons. The smallest absolute Gasteiger partial charge is 0.324 e. The van der Waals surface area contributed by atoms with Gasteiger partial charge in [0.25, 0.3) is 0 Å². The molecule has 4 nitrogen and oxygen atoms in total. The van der Waals surface area contributed by atoms with Gasteiger partial charge < -0.3 is 14.8 Å². The van der Waals surface area contributed by atoms with Gasteiger partial charge in [-0.3, -0.25) is 0 Å². The Balaban J connectivity index is 1.47. The zero-order chi connectivity index (χ0) is 14.9. The predicted molar refractivity (Wildman–Crippen MR) is 91.2 cm³/mol. The molecule has 1 N–H and O–H groups in total. The second-order valence-corrected chi connectivity index (χ2v) is 6.10. The lowest BCUT2D eigenvalue weighted by atomic mass is 9.63. The normalized spacial score (nSPS) is 17.8. The quantitative estimate of drug-likeness (QED) is 0.843. The minimum absolute atomic E-state index is 0.273. The fourth-order valence-corrected chi connectivity index (χ4v) is 3.50. The summed E-state index contributed by atoms with van der Waals surface area (Å²) in [6.45, 7) is 3.68. The standard InChI is InChI=1S/C17H20BN3O/c22-18-7-6-14-4-5-15(13-16(14)18)20-9-11-21(12-10-20)17-3-1-2-8-19-17/h1-5,8,13,22H,6-7,9-12H2. The van der Waals surface area contributed by atoms with Crippen LogP contribution in [0.15, 0.2) is 42.6 Å². The van der Waals surface area contributed by atoms with Crippen molar-refractivity contribution in [2.45, 2.75) is 12.7 Å². The van der Waals surface area contributed by atoms with Crippen LogP contribution < -0.4 is 15.3 Å². The zero-order valence-electron chi connectivity index (χ0n) is 12.7.